The monoisotopic (exact) mass is 362 g/mol. The van der Waals surface area contributed by atoms with Gasteiger partial charge in [-0.2, -0.15) is 0 Å². The summed E-state index contributed by atoms with van der Waals surface area (Å²) in [5, 5.41) is 11.0. The van der Waals surface area contributed by atoms with Gasteiger partial charge in [-0.25, -0.2) is 0 Å². The van der Waals surface area contributed by atoms with Crippen LogP contribution in [0.2, 0.25) is 0 Å². The maximum absolute atomic E-state index is 12.9. The molecule has 0 amide bonds. The van der Waals surface area contributed by atoms with Crippen LogP contribution in [0.4, 0.5) is 0 Å². The lowest BCUT2D eigenvalue weighted by molar-refractivity contribution is -0.906. The first-order valence-electron chi connectivity index (χ1n) is 10.2. The molecule has 0 radical (unpaired) electrons. The summed E-state index contributed by atoms with van der Waals surface area (Å²) in [5.41, 5.74) is 0.860. The van der Waals surface area contributed by atoms with E-state index in [1.807, 2.05) is 30.3 Å². The third-order valence-corrected chi connectivity index (χ3v) is 6.29. The molecule has 0 heterocycles. The van der Waals surface area contributed by atoms with Gasteiger partial charge >= 0.3 is 5.97 Å². The van der Waals surface area contributed by atoms with Gasteiger partial charge in [-0.3, -0.25) is 4.79 Å². The van der Waals surface area contributed by atoms with Crippen LogP contribution in [0, 0.1) is 5.92 Å². The van der Waals surface area contributed by atoms with E-state index in [-0.39, 0.29) is 11.9 Å². The Balaban J connectivity index is 2.06. The summed E-state index contributed by atoms with van der Waals surface area (Å²) in [7, 11) is 2.18. The number of carbonyl (C=O) groups is 1. The summed E-state index contributed by atoms with van der Waals surface area (Å²) in [5.74, 6) is -0.678. The van der Waals surface area contributed by atoms with Crippen LogP contribution in [0.15, 0.2) is 30.3 Å². The molecule has 2 atom stereocenters. The Labute approximate surface area is 158 Å². The molecule has 2 unspecified atom stereocenters. The van der Waals surface area contributed by atoms with Gasteiger partial charge in [0.25, 0.3) is 0 Å². The molecule has 1 fully saturated rings. The van der Waals surface area contributed by atoms with E-state index < -0.39 is 12.0 Å². The molecule has 0 bridgehead atoms. The summed E-state index contributed by atoms with van der Waals surface area (Å²) < 4.78 is 6.54. The van der Waals surface area contributed by atoms with Crippen LogP contribution in [0.5, 0.6) is 0 Å². The van der Waals surface area contributed by atoms with E-state index in [0.717, 1.165) is 55.4 Å². The van der Waals surface area contributed by atoms with Crippen LogP contribution in [0.1, 0.15) is 57.4 Å². The Hall–Kier alpha value is -1.39. The second kappa shape index (κ2) is 10.1. The summed E-state index contributed by atoms with van der Waals surface area (Å²) in [6, 6.07) is 9.63. The minimum absolute atomic E-state index is 0.189. The molecule has 2 rings (SSSR count). The number of hydrogen-bond acceptors (Lipinski definition) is 3. The number of nitrogens with zero attached hydrogens (tertiary/aromatic N) is 1. The fourth-order valence-corrected chi connectivity index (χ4v) is 3.88. The molecule has 146 valence electrons. The normalized spacial score (nSPS) is 18.3. The molecular weight excluding hydrogens is 326 g/mol. The summed E-state index contributed by atoms with van der Waals surface area (Å²) >= 11 is 0. The number of quaternary nitrogens is 1. The van der Waals surface area contributed by atoms with Crippen molar-refractivity contribution in [2.24, 2.45) is 5.92 Å². The molecule has 4 heteroatoms. The number of hydrogen-bond donors (Lipinski definition) is 1. The predicted molar refractivity (Wildman–Crippen MR) is 105 cm³/mol. The highest BCUT2D eigenvalue weighted by Gasteiger charge is 2.36. The lowest BCUT2D eigenvalue weighted by Crippen LogP contribution is -2.46. The Bertz CT molecular complexity index is 536. The summed E-state index contributed by atoms with van der Waals surface area (Å²) in [4.78, 5) is 12.9. The second-order valence-electron chi connectivity index (χ2n) is 7.92. The molecule has 26 heavy (non-hydrogen) atoms. The van der Waals surface area contributed by atoms with Crippen LogP contribution in [0.3, 0.4) is 0 Å². The third kappa shape index (κ3) is 5.55. The highest BCUT2D eigenvalue weighted by Crippen LogP contribution is 2.34. The van der Waals surface area contributed by atoms with Crippen molar-refractivity contribution in [2.75, 3.05) is 33.3 Å². The molecule has 1 aliphatic rings. The fraction of sp³-hybridized carbons (Fsp3) is 0.682. The molecule has 4 nitrogen and oxygen atoms in total. The molecule has 1 aromatic carbocycles. The van der Waals surface area contributed by atoms with Crippen LogP contribution in [-0.2, 0) is 9.53 Å². The molecule has 0 saturated heterocycles. The standard InChI is InChI=1S/C22H36NO3/c1-4-23(3,5-2)16-17-26-22(25)20(18-12-8-6-9-13-18)21(24)19-14-10-7-11-15-19/h6,8-9,12-13,19-21,24H,4-5,7,10-11,14-17H2,1-3H3/q+1. The second-order valence-corrected chi connectivity index (χ2v) is 7.92. The summed E-state index contributed by atoms with van der Waals surface area (Å²) in [6.45, 7) is 7.55. The molecular formula is C22H36NO3+. The first-order chi connectivity index (χ1) is 12.5. The first-order valence-corrected chi connectivity index (χ1v) is 10.2. The topological polar surface area (TPSA) is 46.5 Å². The van der Waals surface area contributed by atoms with Crippen LogP contribution < -0.4 is 0 Å². The zero-order valence-corrected chi connectivity index (χ0v) is 16.7. The van der Waals surface area contributed by atoms with Crippen LogP contribution in [-0.4, -0.2) is 55.0 Å². The maximum Gasteiger partial charge on any atom is 0.316 e. The average Bonchev–Trinajstić information content (AvgIpc) is 2.69. The van der Waals surface area contributed by atoms with Gasteiger partial charge in [0.2, 0.25) is 0 Å². The average molecular weight is 363 g/mol. The van der Waals surface area contributed by atoms with Crippen molar-refractivity contribution in [3.63, 3.8) is 0 Å². The zero-order chi connectivity index (χ0) is 19.0. The molecule has 1 aromatic rings. The van der Waals surface area contributed by atoms with Gasteiger partial charge in [0.05, 0.1) is 26.2 Å². The van der Waals surface area contributed by atoms with Gasteiger partial charge in [-0.05, 0) is 38.2 Å². The van der Waals surface area contributed by atoms with E-state index in [4.69, 9.17) is 4.74 Å². The third-order valence-electron chi connectivity index (χ3n) is 6.29. The minimum atomic E-state index is -0.663. The number of likely N-dealkylation sites (N-methyl/N-ethyl adjacent to an activating group) is 1. The van der Waals surface area contributed by atoms with E-state index in [0.29, 0.717) is 6.61 Å². The van der Waals surface area contributed by atoms with Gasteiger partial charge in [0, 0.05) is 0 Å². The molecule has 0 aliphatic heterocycles. The van der Waals surface area contributed by atoms with Gasteiger partial charge in [-0.1, -0.05) is 49.6 Å². The van der Waals surface area contributed by atoms with E-state index in [1.165, 1.54) is 6.42 Å². The largest absolute Gasteiger partial charge is 0.459 e. The SMILES string of the molecule is CC[N+](C)(CC)CCOC(=O)C(c1ccccc1)C(O)C1CCCCC1. The highest BCUT2D eigenvalue weighted by atomic mass is 16.5. The van der Waals surface area contributed by atoms with Crippen molar-refractivity contribution < 1.29 is 19.1 Å². The molecule has 1 N–H and O–H groups in total. The van der Waals surface area contributed by atoms with E-state index in [9.17, 15) is 9.90 Å². The fourth-order valence-electron chi connectivity index (χ4n) is 3.88. The van der Waals surface area contributed by atoms with Crippen molar-refractivity contribution in [3.8, 4) is 0 Å². The maximum atomic E-state index is 12.9. The van der Waals surface area contributed by atoms with Gasteiger partial charge in [0.15, 0.2) is 0 Å². The van der Waals surface area contributed by atoms with E-state index >= 15 is 0 Å². The number of aliphatic hydroxyl groups excluding tert-OH is 1. The van der Waals surface area contributed by atoms with Crippen molar-refractivity contribution in [3.05, 3.63) is 35.9 Å². The molecule has 1 aliphatic carbocycles. The van der Waals surface area contributed by atoms with Crippen LogP contribution >= 0.6 is 0 Å². The first kappa shape index (κ1) is 20.9. The Morgan fingerprint density at radius 3 is 2.35 bits per heavy atom. The minimum Gasteiger partial charge on any atom is -0.459 e. The van der Waals surface area contributed by atoms with Crippen molar-refractivity contribution in [1.29, 1.82) is 0 Å². The smallest absolute Gasteiger partial charge is 0.316 e. The van der Waals surface area contributed by atoms with Gasteiger partial charge in [0.1, 0.15) is 19.1 Å². The van der Waals surface area contributed by atoms with Crippen molar-refractivity contribution in [2.45, 2.75) is 58.0 Å². The highest BCUT2D eigenvalue weighted by molar-refractivity contribution is 5.79. The zero-order valence-electron chi connectivity index (χ0n) is 16.7. The number of benzene rings is 1. The van der Waals surface area contributed by atoms with Crippen molar-refractivity contribution >= 4 is 5.97 Å². The number of esters is 1. The molecule has 0 aromatic heterocycles. The number of rotatable bonds is 9. The number of aliphatic hydroxyl groups is 1. The number of carbonyl (C=O) groups excluding carboxylic acids is 1. The number of ether oxygens (including phenoxy) is 1. The van der Waals surface area contributed by atoms with Gasteiger partial charge < -0.3 is 14.3 Å². The predicted octanol–water partition coefficient (Wildman–Crippen LogP) is 3.74. The Morgan fingerprint density at radius 2 is 1.77 bits per heavy atom. The van der Waals surface area contributed by atoms with Crippen LogP contribution in [0.25, 0.3) is 0 Å². The molecule has 1 saturated carbocycles. The van der Waals surface area contributed by atoms with E-state index in [2.05, 4.69) is 20.9 Å². The van der Waals surface area contributed by atoms with Crippen molar-refractivity contribution in [1.82, 2.24) is 0 Å². The summed E-state index contributed by atoms with van der Waals surface area (Å²) in [6.07, 6.45) is 4.84. The molecule has 0 spiro atoms. The Morgan fingerprint density at radius 1 is 1.15 bits per heavy atom. The van der Waals surface area contributed by atoms with E-state index in [1.54, 1.807) is 0 Å². The lowest BCUT2D eigenvalue weighted by atomic mass is 9.78. The van der Waals surface area contributed by atoms with Gasteiger partial charge in [-0.15, -0.1) is 0 Å². The lowest BCUT2D eigenvalue weighted by Gasteiger charge is -2.33. The Kier molecular flexibility index (Phi) is 8.11. The quantitative estimate of drug-likeness (QED) is 0.538.